The van der Waals surface area contributed by atoms with E-state index in [0.717, 1.165) is 21.8 Å². The van der Waals surface area contributed by atoms with Gasteiger partial charge in [-0.15, -0.1) is 0 Å². The highest BCUT2D eigenvalue weighted by molar-refractivity contribution is 6.31. The first-order valence-corrected chi connectivity index (χ1v) is 6.51. The van der Waals surface area contributed by atoms with E-state index in [1.165, 1.54) is 0 Å². The molecule has 0 aliphatic carbocycles. The number of halogens is 1. The SMILES string of the molecule is Cc1c(Cl)cccc1NC(C)c1ccc(C#N)cc1. The zero-order valence-electron chi connectivity index (χ0n) is 10.9. The van der Waals surface area contributed by atoms with Crippen molar-refractivity contribution in [3.63, 3.8) is 0 Å². The predicted molar refractivity (Wildman–Crippen MR) is 79.4 cm³/mol. The normalized spacial score (nSPS) is 11.7. The van der Waals surface area contributed by atoms with Gasteiger partial charge in [0.25, 0.3) is 0 Å². The Labute approximate surface area is 118 Å². The van der Waals surface area contributed by atoms with Crippen LogP contribution >= 0.6 is 11.6 Å². The van der Waals surface area contributed by atoms with Crippen LogP contribution in [0.3, 0.4) is 0 Å². The van der Waals surface area contributed by atoms with Gasteiger partial charge in [-0.2, -0.15) is 5.26 Å². The zero-order chi connectivity index (χ0) is 13.8. The highest BCUT2D eigenvalue weighted by Gasteiger charge is 2.08. The highest BCUT2D eigenvalue weighted by Crippen LogP contribution is 2.26. The Morgan fingerprint density at radius 1 is 1.16 bits per heavy atom. The summed E-state index contributed by atoms with van der Waals surface area (Å²) in [6, 6.07) is 15.7. The molecule has 0 spiro atoms. The Kier molecular flexibility index (Phi) is 4.09. The van der Waals surface area contributed by atoms with Crippen molar-refractivity contribution in [1.82, 2.24) is 0 Å². The third kappa shape index (κ3) is 3.07. The maximum Gasteiger partial charge on any atom is 0.0991 e. The summed E-state index contributed by atoms with van der Waals surface area (Å²) in [5.74, 6) is 0. The minimum Gasteiger partial charge on any atom is -0.378 e. The molecule has 0 heterocycles. The summed E-state index contributed by atoms with van der Waals surface area (Å²) in [5.41, 5.74) is 3.89. The van der Waals surface area contributed by atoms with E-state index in [1.54, 1.807) is 0 Å². The summed E-state index contributed by atoms with van der Waals surface area (Å²) in [6.07, 6.45) is 0. The number of hydrogen-bond acceptors (Lipinski definition) is 2. The van der Waals surface area contributed by atoms with E-state index in [9.17, 15) is 0 Å². The van der Waals surface area contributed by atoms with Gasteiger partial charge in [-0.25, -0.2) is 0 Å². The summed E-state index contributed by atoms with van der Waals surface area (Å²) in [4.78, 5) is 0. The summed E-state index contributed by atoms with van der Waals surface area (Å²) < 4.78 is 0. The number of anilines is 1. The van der Waals surface area contributed by atoms with Crippen LogP contribution < -0.4 is 5.32 Å². The van der Waals surface area contributed by atoms with Gasteiger partial charge in [-0.3, -0.25) is 0 Å². The molecule has 2 rings (SSSR count). The van der Waals surface area contributed by atoms with Gasteiger partial charge in [0.1, 0.15) is 0 Å². The molecule has 0 saturated carbocycles. The molecule has 1 N–H and O–H groups in total. The second-order valence-electron chi connectivity index (χ2n) is 4.51. The van der Waals surface area contributed by atoms with Gasteiger partial charge in [0, 0.05) is 16.8 Å². The lowest BCUT2D eigenvalue weighted by atomic mass is 10.1. The van der Waals surface area contributed by atoms with Gasteiger partial charge >= 0.3 is 0 Å². The molecule has 0 aliphatic heterocycles. The maximum atomic E-state index is 8.79. The number of nitrogens with one attached hydrogen (secondary N) is 1. The molecule has 0 saturated heterocycles. The number of rotatable bonds is 3. The van der Waals surface area contributed by atoms with E-state index in [2.05, 4.69) is 18.3 Å². The largest absolute Gasteiger partial charge is 0.378 e. The molecule has 0 aliphatic rings. The fourth-order valence-corrected chi connectivity index (χ4v) is 2.10. The second-order valence-corrected chi connectivity index (χ2v) is 4.92. The van der Waals surface area contributed by atoms with Crippen molar-refractivity contribution in [1.29, 1.82) is 5.26 Å². The van der Waals surface area contributed by atoms with Gasteiger partial charge < -0.3 is 5.32 Å². The second kappa shape index (κ2) is 5.77. The van der Waals surface area contributed by atoms with Crippen molar-refractivity contribution in [3.05, 3.63) is 64.2 Å². The van der Waals surface area contributed by atoms with Crippen molar-refractivity contribution in [3.8, 4) is 6.07 Å². The Hall–Kier alpha value is -1.98. The van der Waals surface area contributed by atoms with E-state index >= 15 is 0 Å². The minimum atomic E-state index is 0.157. The molecule has 0 aromatic heterocycles. The van der Waals surface area contributed by atoms with E-state index in [4.69, 9.17) is 16.9 Å². The molecule has 2 aromatic rings. The number of nitriles is 1. The molecule has 2 nitrogen and oxygen atoms in total. The third-order valence-corrected chi connectivity index (χ3v) is 3.59. The molecule has 2 aromatic carbocycles. The molecule has 0 amide bonds. The van der Waals surface area contributed by atoms with Gasteiger partial charge in [0.15, 0.2) is 0 Å². The van der Waals surface area contributed by atoms with Crippen LogP contribution in [0.15, 0.2) is 42.5 Å². The standard InChI is InChI=1S/C16H15ClN2/c1-11-15(17)4-3-5-16(11)19-12(2)14-8-6-13(10-18)7-9-14/h3-9,12,19H,1-2H3. The van der Waals surface area contributed by atoms with E-state index in [1.807, 2.05) is 49.4 Å². The summed E-state index contributed by atoms with van der Waals surface area (Å²) in [5, 5.41) is 13.0. The summed E-state index contributed by atoms with van der Waals surface area (Å²) in [7, 11) is 0. The van der Waals surface area contributed by atoms with Gasteiger partial charge in [0.05, 0.1) is 11.6 Å². The van der Waals surface area contributed by atoms with Crippen LogP contribution in [0.5, 0.6) is 0 Å². The average Bonchev–Trinajstić information content (AvgIpc) is 2.44. The van der Waals surface area contributed by atoms with Crippen LogP contribution in [0.4, 0.5) is 5.69 Å². The van der Waals surface area contributed by atoms with Gasteiger partial charge in [-0.05, 0) is 49.2 Å². The Morgan fingerprint density at radius 2 is 1.84 bits per heavy atom. The fourth-order valence-electron chi connectivity index (χ4n) is 1.93. The molecule has 96 valence electrons. The van der Waals surface area contributed by atoms with Crippen LogP contribution in [0.2, 0.25) is 5.02 Å². The predicted octanol–water partition coefficient (Wildman–Crippen LogP) is 4.69. The molecule has 3 heteroatoms. The molecule has 19 heavy (non-hydrogen) atoms. The van der Waals surface area contributed by atoms with Crippen molar-refractivity contribution in [2.45, 2.75) is 19.9 Å². The lowest BCUT2D eigenvalue weighted by Crippen LogP contribution is -2.07. The minimum absolute atomic E-state index is 0.157. The van der Waals surface area contributed by atoms with E-state index in [-0.39, 0.29) is 6.04 Å². The first-order valence-electron chi connectivity index (χ1n) is 6.13. The first-order chi connectivity index (χ1) is 9.11. The third-order valence-electron chi connectivity index (χ3n) is 3.18. The lowest BCUT2D eigenvalue weighted by molar-refractivity contribution is 0.882. The van der Waals surface area contributed by atoms with E-state index < -0.39 is 0 Å². The zero-order valence-corrected chi connectivity index (χ0v) is 11.7. The van der Waals surface area contributed by atoms with Crippen LogP contribution in [0.1, 0.15) is 29.7 Å². The molecule has 0 radical (unpaired) electrons. The smallest absolute Gasteiger partial charge is 0.0991 e. The molecular weight excluding hydrogens is 256 g/mol. The molecule has 1 atom stereocenters. The van der Waals surface area contributed by atoms with Crippen molar-refractivity contribution in [2.24, 2.45) is 0 Å². The number of benzene rings is 2. The molecule has 0 fully saturated rings. The van der Waals surface area contributed by atoms with Gasteiger partial charge in [-0.1, -0.05) is 29.8 Å². The number of nitrogens with zero attached hydrogens (tertiary/aromatic N) is 1. The van der Waals surface area contributed by atoms with Gasteiger partial charge in [0.2, 0.25) is 0 Å². The van der Waals surface area contributed by atoms with Crippen LogP contribution in [-0.2, 0) is 0 Å². The molecule has 1 unspecified atom stereocenters. The Bertz CT molecular complexity index is 612. The molecule has 0 bridgehead atoms. The van der Waals surface area contributed by atoms with Crippen molar-refractivity contribution < 1.29 is 0 Å². The van der Waals surface area contributed by atoms with Crippen LogP contribution in [0.25, 0.3) is 0 Å². The molecular formula is C16H15ClN2. The Morgan fingerprint density at radius 3 is 2.47 bits per heavy atom. The van der Waals surface area contributed by atoms with Crippen molar-refractivity contribution in [2.75, 3.05) is 5.32 Å². The summed E-state index contributed by atoms with van der Waals surface area (Å²) in [6.45, 7) is 4.08. The van der Waals surface area contributed by atoms with Crippen molar-refractivity contribution >= 4 is 17.3 Å². The van der Waals surface area contributed by atoms with Crippen LogP contribution in [0, 0.1) is 18.3 Å². The Balaban J connectivity index is 2.18. The first kappa shape index (κ1) is 13.5. The quantitative estimate of drug-likeness (QED) is 0.878. The van der Waals surface area contributed by atoms with E-state index in [0.29, 0.717) is 5.56 Å². The average molecular weight is 271 g/mol. The fraction of sp³-hybridized carbons (Fsp3) is 0.188. The van der Waals surface area contributed by atoms with Crippen LogP contribution in [-0.4, -0.2) is 0 Å². The maximum absolute atomic E-state index is 8.79. The summed E-state index contributed by atoms with van der Waals surface area (Å²) >= 11 is 6.11. The topological polar surface area (TPSA) is 35.8 Å². The lowest BCUT2D eigenvalue weighted by Gasteiger charge is -2.18. The number of hydrogen-bond donors (Lipinski definition) is 1. The monoisotopic (exact) mass is 270 g/mol. The highest BCUT2D eigenvalue weighted by atomic mass is 35.5.